The minimum atomic E-state index is -0.676. The van der Waals surface area contributed by atoms with Crippen molar-refractivity contribution in [1.29, 1.82) is 5.26 Å². The molecule has 0 heterocycles. The number of carbonyl (C=O) groups is 1. The van der Waals surface area contributed by atoms with Crippen molar-refractivity contribution in [3.05, 3.63) is 96.1 Å². The highest BCUT2D eigenvalue weighted by Crippen LogP contribution is 2.35. The Morgan fingerprint density at radius 2 is 1.91 bits per heavy atom. The van der Waals surface area contributed by atoms with Crippen LogP contribution in [0.15, 0.2) is 60.2 Å². The van der Waals surface area contributed by atoms with Crippen LogP contribution in [0.3, 0.4) is 0 Å². The second kappa shape index (κ2) is 11.5. The van der Waals surface area contributed by atoms with Gasteiger partial charge in [0.05, 0.1) is 21.3 Å². The SMILES string of the molecule is COc1cc(/C=C(\C#N)C(=O)Nc2cc([N+](=O)[O-])ccc2C)cc(I)c1OCc1ccccc1C. The molecule has 3 rings (SSSR count). The van der Waals surface area contributed by atoms with Crippen molar-refractivity contribution >= 4 is 45.9 Å². The molecule has 35 heavy (non-hydrogen) atoms. The Morgan fingerprint density at radius 1 is 1.17 bits per heavy atom. The normalized spacial score (nSPS) is 10.9. The summed E-state index contributed by atoms with van der Waals surface area (Å²) in [6.45, 7) is 4.08. The summed E-state index contributed by atoms with van der Waals surface area (Å²) in [4.78, 5) is 23.3. The predicted molar refractivity (Wildman–Crippen MR) is 141 cm³/mol. The van der Waals surface area contributed by atoms with Gasteiger partial charge in [0, 0.05) is 12.1 Å². The molecule has 1 N–H and O–H groups in total. The maximum Gasteiger partial charge on any atom is 0.271 e. The fraction of sp³-hybridized carbons (Fsp3) is 0.154. The quantitative estimate of drug-likeness (QED) is 0.115. The van der Waals surface area contributed by atoms with Gasteiger partial charge in [-0.3, -0.25) is 14.9 Å². The summed E-state index contributed by atoms with van der Waals surface area (Å²) in [6.07, 6.45) is 1.43. The van der Waals surface area contributed by atoms with Crippen LogP contribution in [0, 0.1) is 38.9 Å². The van der Waals surface area contributed by atoms with Crippen LogP contribution in [0.4, 0.5) is 11.4 Å². The summed E-state index contributed by atoms with van der Waals surface area (Å²) in [5.74, 6) is 0.345. The van der Waals surface area contributed by atoms with E-state index in [-0.39, 0.29) is 16.9 Å². The Labute approximate surface area is 216 Å². The molecule has 3 aromatic rings. The van der Waals surface area contributed by atoms with E-state index in [1.54, 1.807) is 19.1 Å². The topological polar surface area (TPSA) is 114 Å². The summed E-state index contributed by atoms with van der Waals surface area (Å²) in [7, 11) is 1.52. The number of halogens is 1. The fourth-order valence-electron chi connectivity index (χ4n) is 3.25. The number of nitrogens with one attached hydrogen (secondary N) is 1. The molecule has 3 aromatic carbocycles. The van der Waals surface area contributed by atoms with Gasteiger partial charge in [0.1, 0.15) is 18.2 Å². The van der Waals surface area contributed by atoms with Gasteiger partial charge in [-0.05, 0) is 76.9 Å². The van der Waals surface area contributed by atoms with Gasteiger partial charge in [-0.15, -0.1) is 0 Å². The number of carbonyl (C=O) groups excluding carboxylic acids is 1. The Kier molecular flexibility index (Phi) is 8.43. The summed E-state index contributed by atoms with van der Waals surface area (Å²) < 4.78 is 12.3. The number of aryl methyl sites for hydroxylation is 2. The van der Waals surface area contributed by atoms with Gasteiger partial charge >= 0.3 is 0 Å². The molecule has 0 radical (unpaired) electrons. The Hall–Kier alpha value is -3.91. The van der Waals surface area contributed by atoms with E-state index < -0.39 is 10.8 Å². The van der Waals surface area contributed by atoms with Gasteiger partial charge in [-0.2, -0.15) is 5.26 Å². The van der Waals surface area contributed by atoms with Crippen molar-refractivity contribution < 1.29 is 19.2 Å². The molecule has 8 nitrogen and oxygen atoms in total. The average Bonchev–Trinajstić information content (AvgIpc) is 2.83. The van der Waals surface area contributed by atoms with E-state index in [2.05, 4.69) is 27.9 Å². The number of rotatable bonds is 8. The third-order valence-corrected chi connectivity index (χ3v) is 6.04. The van der Waals surface area contributed by atoms with Crippen LogP contribution in [-0.4, -0.2) is 17.9 Å². The maximum absolute atomic E-state index is 12.7. The van der Waals surface area contributed by atoms with Gasteiger partial charge < -0.3 is 14.8 Å². The largest absolute Gasteiger partial charge is 0.493 e. The van der Waals surface area contributed by atoms with Crippen LogP contribution >= 0.6 is 22.6 Å². The van der Waals surface area contributed by atoms with Crippen molar-refractivity contribution in [2.45, 2.75) is 20.5 Å². The molecule has 0 bridgehead atoms. The Morgan fingerprint density at radius 3 is 2.57 bits per heavy atom. The second-order valence-corrected chi connectivity index (χ2v) is 8.79. The minimum absolute atomic E-state index is 0.158. The van der Waals surface area contributed by atoms with Gasteiger partial charge in [-0.25, -0.2) is 0 Å². The van der Waals surface area contributed by atoms with Crippen molar-refractivity contribution in [3.63, 3.8) is 0 Å². The van der Waals surface area contributed by atoms with Crippen LogP contribution in [0.25, 0.3) is 6.08 Å². The van der Waals surface area contributed by atoms with Gasteiger partial charge in [-0.1, -0.05) is 30.3 Å². The summed E-state index contributed by atoms with van der Waals surface area (Å²) in [5.41, 5.74) is 3.30. The number of amides is 1. The molecule has 1 amide bonds. The maximum atomic E-state index is 12.7. The number of benzene rings is 3. The molecule has 0 saturated heterocycles. The molecule has 0 fully saturated rings. The molecule has 0 aliphatic rings. The molecular formula is C26H22IN3O5. The number of nitrogens with zero attached hydrogens (tertiary/aromatic N) is 2. The molecular weight excluding hydrogens is 561 g/mol. The lowest BCUT2D eigenvalue weighted by Crippen LogP contribution is -2.14. The molecule has 178 valence electrons. The van der Waals surface area contributed by atoms with E-state index in [9.17, 15) is 20.2 Å². The van der Waals surface area contributed by atoms with E-state index in [1.807, 2.05) is 37.3 Å². The van der Waals surface area contributed by atoms with Crippen LogP contribution in [0.5, 0.6) is 11.5 Å². The van der Waals surface area contributed by atoms with E-state index in [0.717, 1.165) is 14.7 Å². The van der Waals surface area contributed by atoms with Gasteiger partial charge in [0.15, 0.2) is 11.5 Å². The number of nitriles is 1. The molecule has 0 unspecified atom stereocenters. The van der Waals surface area contributed by atoms with Crippen molar-refractivity contribution in [2.75, 3.05) is 12.4 Å². The van der Waals surface area contributed by atoms with Crippen LogP contribution in [-0.2, 0) is 11.4 Å². The number of nitro benzene ring substituents is 1. The van der Waals surface area contributed by atoms with E-state index in [0.29, 0.717) is 29.2 Å². The lowest BCUT2D eigenvalue weighted by atomic mass is 10.1. The monoisotopic (exact) mass is 583 g/mol. The number of hydrogen-bond acceptors (Lipinski definition) is 6. The highest BCUT2D eigenvalue weighted by Gasteiger charge is 2.16. The number of ether oxygens (including phenoxy) is 2. The summed E-state index contributed by atoms with van der Waals surface area (Å²) in [6, 6.07) is 17.4. The third-order valence-electron chi connectivity index (χ3n) is 5.24. The van der Waals surface area contributed by atoms with E-state index >= 15 is 0 Å². The number of hydrogen-bond donors (Lipinski definition) is 1. The van der Waals surface area contributed by atoms with Crippen LogP contribution in [0.1, 0.15) is 22.3 Å². The van der Waals surface area contributed by atoms with Crippen LogP contribution < -0.4 is 14.8 Å². The van der Waals surface area contributed by atoms with Crippen molar-refractivity contribution in [1.82, 2.24) is 0 Å². The molecule has 0 saturated carbocycles. The first kappa shape index (κ1) is 25.7. The molecule has 0 spiro atoms. The number of anilines is 1. The first-order chi connectivity index (χ1) is 16.7. The second-order valence-electron chi connectivity index (χ2n) is 7.63. The fourth-order valence-corrected chi connectivity index (χ4v) is 4.03. The molecule has 0 atom stereocenters. The van der Waals surface area contributed by atoms with E-state index in [4.69, 9.17) is 9.47 Å². The number of nitro groups is 1. The molecule has 9 heteroatoms. The predicted octanol–water partition coefficient (Wildman–Crippen LogP) is 5.95. The summed E-state index contributed by atoms with van der Waals surface area (Å²) >= 11 is 2.11. The zero-order chi connectivity index (χ0) is 25.5. The minimum Gasteiger partial charge on any atom is -0.493 e. The average molecular weight is 583 g/mol. The zero-order valence-corrected chi connectivity index (χ0v) is 21.5. The molecule has 0 aromatic heterocycles. The zero-order valence-electron chi connectivity index (χ0n) is 19.3. The highest BCUT2D eigenvalue weighted by atomic mass is 127. The van der Waals surface area contributed by atoms with Crippen molar-refractivity contribution in [2.24, 2.45) is 0 Å². The van der Waals surface area contributed by atoms with Gasteiger partial charge in [0.25, 0.3) is 11.6 Å². The smallest absolute Gasteiger partial charge is 0.271 e. The van der Waals surface area contributed by atoms with Crippen LogP contribution in [0.2, 0.25) is 0 Å². The number of non-ortho nitro benzene ring substituents is 1. The Balaban J connectivity index is 1.85. The Bertz CT molecular complexity index is 1360. The highest BCUT2D eigenvalue weighted by molar-refractivity contribution is 14.1. The van der Waals surface area contributed by atoms with E-state index in [1.165, 1.54) is 31.4 Å². The third kappa shape index (κ3) is 6.36. The summed E-state index contributed by atoms with van der Waals surface area (Å²) in [5, 5.41) is 23.2. The molecule has 0 aliphatic heterocycles. The first-order valence-electron chi connectivity index (χ1n) is 10.5. The van der Waals surface area contributed by atoms with Gasteiger partial charge in [0.2, 0.25) is 0 Å². The lowest BCUT2D eigenvalue weighted by molar-refractivity contribution is -0.384. The lowest BCUT2D eigenvalue weighted by Gasteiger charge is -2.15. The number of methoxy groups -OCH3 is 1. The first-order valence-corrected chi connectivity index (χ1v) is 11.5. The standard InChI is InChI=1S/C26H22IN3O5/c1-16-6-4-5-7-19(16)15-35-25-22(27)11-18(12-24(25)34-3)10-20(14-28)26(31)29-23-13-21(30(32)33)9-8-17(23)2/h4-13H,15H2,1-3H3,(H,29,31)/b20-10+. The molecule has 0 aliphatic carbocycles. The van der Waals surface area contributed by atoms with Crippen molar-refractivity contribution in [3.8, 4) is 17.6 Å².